The van der Waals surface area contributed by atoms with Gasteiger partial charge in [-0.15, -0.1) is 0 Å². The van der Waals surface area contributed by atoms with E-state index in [1.807, 2.05) is 31.2 Å². The number of benzene rings is 1. The van der Waals surface area contributed by atoms with Crippen molar-refractivity contribution in [2.75, 3.05) is 29.9 Å². The van der Waals surface area contributed by atoms with Crippen LogP contribution in [0.5, 0.6) is 0 Å². The first-order chi connectivity index (χ1) is 11.6. The molecular formula is C19H24N2O3. The maximum absolute atomic E-state index is 12.6. The van der Waals surface area contributed by atoms with Crippen molar-refractivity contribution in [1.29, 1.82) is 0 Å². The molecule has 0 radical (unpaired) electrons. The van der Waals surface area contributed by atoms with Gasteiger partial charge in [0, 0.05) is 19.7 Å². The minimum atomic E-state index is -0.151. The molecule has 5 nitrogen and oxygen atoms in total. The second kappa shape index (κ2) is 7.09. The van der Waals surface area contributed by atoms with Gasteiger partial charge in [0.25, 0.3) is 5.91 Å². The van der Waals surface area contributed by atoms with E-state index in [1.165, 1.54) is 0 Å². The third-order valence-corrected chi connectivity index (χ3v) is 4.65. The highest BCUT2D eigenvalue weighted by atomic mass is 16.3. The Labute approximate surface area is 142 Å². The summed E-state index contributed by atoms with van der Waals surface area (Å²) in [7, 11) is 0. The van der Waals surface area contributed by atoms with Gasteiger partial charge in [-0.1, -0.05) is 12.1 Å². The summed E-state index contributed by atoms with van der Waals surface area (Å²) in [6.07, 6.45) is 1.94. The summed E-state index contributed by atoms with van der Waals surface area (Å²) < 4.78 is 5.45. The number of nitrogens with zero attached hydrogens (tertiary/aromatic N) is 1. The van der Waals surface area contributed by atoms with Crippen molar-refractivity contribution in [3.8, 4) is 0 Å². The molecule has 1 aliphatic rings. The number of aliphatic hydroxyl groups is 1. The molecule has 1 saturated heterocycles. The number of para-hydroxylation sites is 2. The Morgan fingerprint density at radius 2 is 2.00 bits per heavy atom. The lowest BCUT2D eigenvalue weighted by Gasteiger charge is -2.34. The van der Waals surface area contributed by atoms with Crippen molar-refractivity contribution in [3.63, 3.8) is 0 Å². The number of piperidine rings is 1. The Balaban J connectivity index is 1.77. The molecule has 0 spiro atoms. The molecule has 0 unspecified atom stereocenters. The van der Waals surface area contributed by atoms with Crippen molar-refractivity contribution >= 4 is 17.3 Å². The van der Waals surface area contributed by atoms with Crippen LogP contribution in [0.1, 0.15) is 34.7 Å². The molecule has 0 aliphatic carbocycles. The highest BCUT2D eigenvalue weighted by Crippen LogP contribution is 2.30. The SMILES string of the molecule is Cc1cc(C(=O)Nc2ccccc2N2CCC(CO)CC2)c(C)o1. The van der Waals surface area contributed by atoms with E-state index in [9.17, 15) is 9.90 Å². The van der Waals surface area contributed by atoms with Gasteiger partial charge in [-0.3, -0.25) is 4.79 Å². The van der Waals surface area contributed by atoms with Gasteiger partial charge in [-0.2, -0.15) is 0 Å². The zero-order valence-electron chi connectivity index (χ0n) is 14.2. The number of anilines is 2. The Kier molecular flexibility index (Phi) is 4.90. The summed E-state index contributed by atoms with van der Waals surface area (Å²) in [5, 5.41) is 12.3. The normalized spacial score (nSPS) is 15.5. The first kappa shape index (κ1) is 16.6. The van der Waals surface area contributed by atoms with Gasteiger partial charge >= 0.3 is 0 Å². The molecular weight excluding hydrogens is 304 g/mol. The molecule has 2 N–H and O–H groups in total. The Morgan fingerprint density at radius 3 is 2.62 bits per heavy atom. The minimum Gasteiger partial charge on any atom is -0.466 e. The van der Waals surface area contributed by atoms with Gasteiger partial charge in [0.15, 0.2) is 0 Å². The highest BCUT2D eigenvalue weighted by molar-refractivity contribution is 6.06. The van der Waals surface area contributed by atoms with Crippen LogP contribution in [0.2, 0.25) is 0 Å². The lowest BCUT2D eigenvalue weighted by Crippen LogP contribution is -2.35. The largest absolute Gasteiger partial charge is 0.466 e. The predicted octanol–water partition coefficient (Wildman–Crippen LogP) is 3.36. The molecule has 5 heteroatoms. The van der Waals surface area contributed by atoms with Gasteiger partial charge in [0.1, 0.15) is 11.5 Å². The van der Waals surface area contributed by atoms with Crippen LogP contribution < -0.4 is 10.2 Å². The van der Waals surface area contributed by atoms with Crippen LogP contribution >= 0.6 is 0 Å². The Bertz CT molecular complexity index is 715. The number of hydrogen-bond donors (Lipinski definition) is 2. The third kappa shape index (κ3) is 3.46. The quantitative estimate of drug-likeness (QED) is 0.903. The topological polar surface area (TPSA) is 65.7 Å². The third-order valence-electron chi connectivity index (χ3n) is 4.65. The molecule has 1 aromatic carbocycles. The lowest BCUT2D eigenvalue weighted by molar-refractivity contribution is 0.102. The number of aliphatic hydroxyl groups excluding tert-OH is 1. The number of amides is 1. The number of nitrogens with one attached hydrogen (secondary N) is 1. The fraction of sp³-hybridized carbons (Fsp3) is 0.421. The average molecular weight is 328 g/mol. The number of furan rings is 1. The van der Waals surface area contributed by atoms with E-state index < -0.39 is 0 Å². The summed E-state index contributed by atoms with van der Waals surface area (Å²) >= 11 is 0. The summed E-state index contributed by atoms with van der Waals surface area (Å²) in [5.41, 5.74) is 2.41. The van der Waals surface area contributed by atoms with Crippen molar-refractivity contribution in [1.82, 2.24) is 0 Å². The van der Waals surface area contributed by atoms with Gasteiger partial charge in [0.2, 0.25) is 0 Å². The molecule has 1 aliphatic heterocycles. The van der Waals surface area contributed by atoms with E-state index in [-0.39, 0.29) is 12.5 Å². The molecule has 128 valence electrons. The number of carbonyl (C=O) groups is 1. The first-order valence-corrected chi connectivity index (χ1v) is 8.41. The summed E-state index contributed by atoms with van der Waals surface area (Å²) in [4.78, 5) is 14.8. The molecule has 3 rings (SSSR count). The number of hydrogen-bond acceptors (Lipinski definition) is 4. The van der Waals surface area contributed by atoms with Crippen molar-refractivity contribution in [2.45, 2.75) is 26.7 Å². The second-order valence-electron chi connectivity index (χ2n) is 6.41. The highest BCUT2D eigenvalue weighted by Gasteiger charge is 2.21. The second-order valence-corrected chi connectivity index (χ2v) is 6.41. The minimum absolute atomic E-state index is 0.151. The van der Waals surface area contributed by atoms with Crippen LogP contribution in [0.15, 0.2) is 34.7 Å². The molecule has 24 heavy (non-hydrogen) atoms. The van der Waals surface area contributed by atoms with Crippen molar-refractivity contribution < 1.29 is 14.3 Å². The molecule has 1 fully saturated rings. The van der Waals surface area contributed by atoms with Crippen LogP contribution in [0.25, 0.3) is 0 Å². The summed E-state index contributed by atoms with van der Waals surface area (Å²) in [5.74, 6) is 1.60. The molecule has 0 saturated carbocycles. The monoisotopic (exact) mass is 328 g/mol. The van der Waals surface area contributed by atoms with Gasteiger partial charge in [-0.05, 0) is 50.8 Å². The number of aryl methyl sites for hydroxylation is 2. The van der Waals surface area contributed by atoms with E-state index in [4.69, 9.17) is 4.42 Å². The zero-order chi connectivity index (χ0) is 17.1. The number of rotatable bonds is 4. The average Bonchev–Trinajstić information content (AvgIpc) is 2.94. The van der Waals surface area contributed by atoms with Crippen LogP contribution in [0.3, 0.4) is 0 Å². The molecule has 1 amide bonds. The molecule has 2 heterocycles. The van der Waals surface area contributed by atoms with E-state index in [2.05, 4.69) is 10.2 Å². The van der Waals surface area contributed by atoms with Gasteiger partial charge in [0.05, 0.1) is 16.9 Å². The van der Waals surface area contributed by atoms with E-state index in [1.54, 1.807) is 13.0 Å². The van der Waals surface area contributed by atoms with Crippen LogP contribution in [0.4, 0.5) is 11.4 Å². The smallest absolute Gasteiger partial charge is 0.259 e. The lowest BCUT2D eigenvalue weighted by atomic mass is 9.97. The maximum Gasteiger partial charge on any atom is 0.259 e. The van der Waals surface area contributed by atoms with Gasteiger partial charge < -0.3 is 19.7 Å². The number of carbonyl (C=O) groups excluding carboxylic acids is 1. The molecule has 1 aromatic heterocycles. The fourth-order valence-corrected chi connectivity index (χ4v) is 3.26. The Morgan fingerprint density at radius 1 is 1.29 bits per heavy atom. The van der Waals surface area contributed by atoms with E-state index >= 15 is 0 Å². The predicted molar refractivity (Wildman–Crippen MR) is 94.6 cm³/mol. The standard InChI is InChI=1S/C19H24N2O3/c1-13-11-16(14(2)24-13)19(23)20-17-5-3-4-6-18(17)21-9-7-15(12-22)8-10-21/h3-6,11,15,22H,7-10,12H2,1-2H3,(H,20,23). The van der Waals surface area contributed by atoms with Crippen molar-refractivity contribution in [3.05, 3.63) is 47.4 Å². The maximum atomic E-state index is 12.6. The Hall–Kier alpha value is -2.27. The van der Waals surface area contributed by atoms with Crippen LogP contribution in [-0.4, -0.2) is 30.7 Å². The first-order valence-electron chi connectivity index (χ1n) is 8.41. The summed E-state index contributed by atoms with van der Waals surface area (Å²) in [6.45, 7) is 5.67. The molecule has 2 aromatic rings. The van der Waals surface area contributed by atoms with E-state index in [0.717, 1.165) is 43.1 Å². The molecule has 0 atom stereocenters. The van der Waals surface area contributed by atoms with Crippen LogP contribution in [-0.2, 0) is 0 Å². The van der Waals surface area contributed by atoms with E-state index in [0.29, 0.717) is 17.2 Å². The zero-order valence-corrected chi connectivity index (χ0v) is 14.2. The fourth-order valence-electron chi connectivity index (χ4n) is 3.26. The summed E-state index contributed by atoms with van der Waals surface area (Å²) in [6, 6.07) is 9.62. The van der Waals surface area contributed by atoms with Gasteiger partial charge in [-0.25, -0.2) is 0 Å². The molecule has 0 bridgehead atoms. The van der Waals surface area contributed by atoms with Crippen molar-refractivity contribution in [2.24, 2.45) is 5.92 Å². The van der Waals surface area contributed by atoms with Crippen LogP contribution in [0, 0.1) is 19.8 Å².